The van der Waals surface area contributed by atoms with Crippen molar-refractivity contribution in [3.05, 3.63) is 36.2 Å². The van der Waals surface area contributed by atoms with Crippen molar-refractivity contribution in [2.45, 2.75) is 42.9 Å². The fourth-order valence-electron chi connectivity index (χ4n) is 2.45. The Labute approximate surface area is 135 Å². The Morgan fingerprint density at radius 1 is 1.09 bits per heavy atom. The van der Waals surface area contributed by atoms with Gasteiger partial charge in [0.15, 0.2) is 5.82 Å². The highest BCUT2D eigenvalue weighted by Crippen LogP contribution is 2.38. The van der Waals surface area contributed by atoms with E-state index in [-0.39, 0.29) is 0 Å². The maximum Gasteiger partial charge on any atom is 0.324 e. The lowest BCUT2D eigenvalue weighted by molar-refractivity contribution is 0.396. The summed E-state index contributed by atoms with van der Waals surface area (Å²) in [7, 11) is 0. The molecule has 0 amide bonds. The molecule has 118 valence electrons. The van der Waals surface area contributed by atoms with Gasteiger partial charge < -0.3 is 9.42 Å². The normalized spacial score (nSPS) is 17.8. The molecule has 0 atom stereocenters. The van der Waals surface area contributed by atoms with Gasteiger partial charge in [0, 0.05) is 23.9 Å². The van der Waals surface area contributed by atoms with Gasteiger partial charge in [-0.05, 0) is 56.2 Å². The molecule has 2 aromatic rings. The molecule has 0 bridgehead atoms. The standard InChI is InChI=1S/C10H15N3O.C6H7NS/c1-2-6-13(7-3-1)10-11-9(12-14-10)8-4-5-8;7-8-6-4-2-1-3-5-6/h8H,1-7H2;1-5H,7H2. The zero-order valence-electron chi connectivity index (χ0n) is 12.6. The van der Waals surface area contributed by atoms with E-state index in [1.807, 2.05) is 30.3 Å². The summed E-state index contributed by atoms with van der Waals surface area (Å²) in [5.41, 5.74) is 0. The summed E-state index contributed by atoms with van der Waals surface area (Å²) in [5, 5.41) is 9.29. The van der Waals surface area contributed by atoms with Crippen molar-refractivity contribution in [1.29, 1.82) is 0 Å². The van der Waals surface area contributed by atoms with Crippen LogP contribution in [0, 0.1) is 0 Å². The predicted octanol–water partition coefficient (Wildman–Crippen LogP) is 3.59. The number of nitrogens with two attached hydrogens (primary N) is 1. The van der Waals surface area contributed by atoms with Crippen LogP contribution in [0.3, 0.4) is 0 Å². The fourth-order valence-corrected chi connectivity index (χ4v) is 2.76. The van der Waals surface area contributed by atoms with E-state index < -0.39 is 0 Å². The van der Waals surface area contributed by atoms with Gasteiger partial charge in [-0.3, -0.25) is 5.14 Å². The molecule has 1 aromatic carbocycles. The van der Waals surface area contributed by atoms with Crippen LogP contribution < -0.4 is 10.0 Å². The topological polar surface area (TPSA) is 68.2 Å². The number of nitrogens with zero attached hydrogens (tertiary/aromatic N) is 3. The summed E-state index contributed by atoms with van der Waals surface area (Å²) in [6.45, 7) is 2.15. The number of rotatable bonds is 3. The highest BCUT2D eigenvalue weighted by atomic mass is 32.2. The summed E-state index contributed by atoms with van der Waals surface area (Å²) >= 11 is 1.27. The van der Waals surface area contributed by atoms with Gasteiger partial charge in [0.05, 0.1) is 0 Å². The molecule has 0 spiro atoms. The summed E-state index contributed by atoms with van der Waals surface area (Å²) in [5.74, 6) is 1.52. The molecule has 1 aliphatic heterocycles. The molecule has 6 heteroatoms. The van der Waals surface area contributed by atoms with E-state index in [0.29, 0.717) is 5.92 Å². The second-order valence-electron chi connectivity index (χ2n) is 5.69. The van der Waals surface area contributed by atoms with Crippen molar-refractivity contribution >= 4 is 18.0 Å². The Balaban J connectivity index is 0.000000154. The minimum Gasteiger partial charge on any atom is -0.324 e. The van der Waals surface area contributed by atoms with Crippen molar-refractivity contribution in [3.8, 4) is 0 Å². The molecule has 1 aromatic heterocycles. The van der Waals surface area contributed by atoms with E-state index in [9.17, 15) is 0 Å². The van der Waals surface area contributed by atoms with Gasteiger partial charge >= 0.3 is 6.01 Å². The van der Waals surface area contributed by atoms with Crippen LogP contribution in [-0.4, -0.2) is 23.2 Å². The highest BCUT2D eigenvalue weighted by Gasteiger charge is 2.29. The van der Waals surface area contributed by atoms with E-state index >= 15 is 0 Å². The number of benzene rings is 1. The number of anilines is 1. The van der Waals surface area contributed by atoms with Crippen LogP contribution in [0.5, 0.6) is 0 Å². The first kappa shape index (κ1) is 15.4. The van der Waals surface area contributed by atoms with Gasteiger partial charge in [0.25, 0.3) is 0 Å². The molecule has 2 N–H and O–H groups in total. The second-order valence-corrected chi connectivity index (χ2v) is 6.40. The minimum atomic E-state index is 0.595. The molecule has 22 heavy (non-hydrogen) atoms. The van der Waals surface area contributed by atoms with E-state index in [1.54, 1.807) is 0 Å². The number of hydrogen-bond donors (Lipinski definition) is 1. The van der Waals surface area contributed by atoms with Crippen LogP contribution in [0.2, 0.25) is 0 Å². The van der Waals surface area contributed by atoms with Crippen LogP contribution in [-0.2, 0) is 0 Å². The summed E-state index contributed by atoms with van der Waals surface area (Å²) in [4.78, 5) is 7.76. The van der Waals surface area contributed by atoms with Gasteiger partial charge in [0.1, 0.15) is 0 Å². The Morgan fingerprint density at radius 3 is 2.41 bits per heavy atom. The Bertz CT molecular complexity index is 565. The molecule has 1 aliphatic carbocycles. The van der Waals surface area contributed by atoms with E-state index in [4.69, 9.17) is 9.66 Å². The van der Waals surface area contributed by atoms with Gasteiger partial charge in [0.2, 0.25) is 0 Å². The van der Waals surface area contributed by atoms with Crippen LogP contribution in [0.15, 0.2) is 39.8 Å². The van der Waals surface area contributed by atoms with Gasteiger partial charge in [-0.25, -0.2) is 0 Å². The summed E-state index contributed by atoms with van der Waals surface area (Å²) < 4.78 is 5.27. The second kappa shape index (κ2) is 7.65. The highest BCUT2D eigenvalue weighted by molar-refractivity contribution is 7.97. The summed E-state index contributed by atoms with van der Waals surface area (Å²) in [6, 6.07) is 10.6. The Kier molecular flexibility index (Phi) is 5.34. The molecule has 4 rings (SSSR count). The van der Waals surface area contributed by atoms with Gasteiger partial charge in [-0.15, -0.1) is 0 Å². The maximum atomic E-state index is 5.27. The molecule has 2 heterocycles. The lowest BCUT2D eigenvalue weighted by atomic mass is 10.1. The molecule has 5 nitrogen and oxygen atoms in total. The molecule has 1 saturated carbocycles. The van der Waals surface area contributed by atoms with Crippen LogP contribution in [0.1, 0.15) is 43.8 Å². The SMILES string of the molecule is C1CCN(c2nc(C3CC3)no2)CC1.NSc1ccccc1. The van der Waals surface area contributed by atoms with Crippen molar-refractivity contribution in [3.63, 3.8) is 0 Å². The molecular formula is C16H22N4OS. The molecular weight excluding hydrogens is 296 g/mol. The van der Waals surface area contributed by atoms with Crippen molar-refractivity contribution in [2.24, 2.45) is 5.14 Å². The van der Waals surface area contributed by atoms with Crippen LogP contribution in [0.25, 0.3) is 0 Å². The molecule has 0 radical (unpaired) electrons. The number of aromatic nitrogens is 2. The first-order valence-corrected chi connectivity index (χ1v) is 8.75. The summed E-state index contributed by atoms with van der Waals surface area (Å²) in [6.07, 6.45) is 6.31. The molecule has 2 aliphatic rings. The van der Waals surface area contributed by atoms with Crippen LogP contribution >= 0.6 is 11.9 Å². The van der Waals surface area contributed by atoms with Crippen LogP contribution in [0.4, 0.5) is 6.01 Å². The van der Waals surface area contributed by atoms with E-state index in [0.717, 1.165) is 29.8 Å². The van der Waals surface area contributed by atoms with Gasteiger partial charge in [-0.2, -0.15) is 4.98 Å². The minimum absolute atomic E-state index is 0.595. The third kappa shape index (κ3) is 4.24. The quantitative estimate of drug-likeness (QED) is 0.872. The maximum absolute atomic E-state index is 5.27. The number of piperidine rings is 1. The average Bonchev–Trinajstić information content (AvgIpc) is 3.34. The third-order valence-electron chi connectivity index (χ3n) is 3.88. The fraction of sp³-hybridized carbons (Fsp3) is 0.500. The molecule has 2 fully saturated rings. The zero-order valence-corrected chi connectivity index (χ0v) is 13.5. The number of hydrogen-bond acceptors (Lipinski definition) is 6. The van der Waals surface area contributed by atoms with Crippen molar-refractivity contribution < 1.29 is 4.52 Å². The smallest absolute Gasteiger partial charge is 0.324 e. The predicted molar refractivity (Wildman–Crippen MR) is 88.8 cm³/mol. The first-order valence-electron chi connectivity index (χ1n) is 7.87. The Hall–Kier alpha value is -1.53. The average molecular weight is 318 g/mol. The lowest BCUT2D eigenvalue weighted by Gasteiger charge is -2.23. The monoisotopic (exact) mass is 318 g/mol. The van der Waals surface area contributed by atoms with Gasteiger partial charge in [-0.1, -0.05) is 23.4 Å². The largest absolute Gasteiger partial charge is 0.324 e. The van der Waals surface area contributed by atoms with Crippen molar-refractivity contribution in [2.75, 3.05) is 18.0 Å². The first-order chi connectivity index (χ1) is 10.9. The van der Waals surface area contributed by atoms with E-state index in [2.05, 4.69) is 15.0 Å². The third-order valence-corrected chi connectivity index (χ3v) is 4.42. The van der Waals surface area contributed by atoms with E-state index in [1.165, 1.54) is 44.1 Å². The molecule has 1 saturated heterocycles. The Morgan fingerprint density at radius 2 is 1.82 bits per heavy atom. The lowest BCUT2D eigenvalue weighted by Crippen LogP contribution is -2.29. The zero-order chi connectivity index (χ0) is 15.2. The van der Waals surface area contributed by atoms with Crippen molar-refractivity contribution in [1.82, 2.24) is 10.1 Å². The molecule has 0 unspecified atom stereocenters.